The van der Waals surface area contributed by atoms with E-state index in [0.29, 0.717) is 28.2 Å². The molecule has 0 spiro atoms. The van der Waals surface area contributed by atoms with Crippen LogP contribution in [0.5, 0.6) is 5.75 Å². The van der Waals surface area contributed by atoms with E-state index < -0.39 is 23.5 Å². The van der Waals surface area contributed by atoms with E-state index in [-0.39, 0.29) is 22.8 Å². The molecule has 10 heteroatoms. The summed E-state index contributed by atoms with van der Waals surface area (Å²) >= 11 is 0. The Labute approximate surface area is 178 Å². The van der Waals surface area contributed by atoms with Crippen LogP contribution < -0.4 is 21.8 Å². The van der Waals surface area contributed by atoms with Gasteiger partial charge < -0.3 is 16.2 Å². The highest BCUT2D eigenvalue weighted by Gasteiger charge is 2.31. The molecule has 0 saturated carbocycles. The van der Waals surface area contributed by atoms with Gasteiger partial charge in [-0.15, -0.1) is 13.2 Å². The van der Waals surface area contributed by atoms with Crippen LogP contribution in [0, 0.1) is 5.82 Å². The van der Waals surface area contributed by atoms with E-state index in [9.17, 15) is 22.4 Å². The predicted octanol–water partition coefficient (Wildman–Crippen LogP) is 4.38. The third kappa shape index (κ3) is 4.34. The average Bonchev–Trinajstić information content (AvgIpc) is 2.72. The number of rotatable bonds is 4. The minimum atomic E-state index is -4.88. The largest absolute Gasteiger partial charge is 0.573 e. The molecule has 0 atom stereocenters. The lowest BCUT2D eigenvalue weighted by Crippen LogP contribution is -2.17. The van der Waals surface area contributed by atoms with Gasteiger partial charge in [-0.2, -0.15) is 5.10 Å². The van der Waals surface area contributed by atoms with Gasteiger partial charge in [-0.3, -0.25) is 4.79 Å². The van der Waals surface area contributed by atoms with Crippen LogP contribution in [-0.4, -0.2) is 16.6 Å². The number of nitrogens with two attached hydrogens (primary N) is 2. The standard InChI is InChI=1S/C22H16F4N4O2/c23-17-5-1-11(7-15(17)12-2-6-18(27)19(28)9-12)8-20-16-10-13(32-22(24,25)26)3-4-14(16)21(31)30-29-20/h1-7,9-10H,8,27-28H2,(H,30,31). The van der Waals surface area contributed by atoms with Crippen molar-refractivity contribution in [1.29, 1.82) is 0 Å². The minimum absolute atomic E-state index is 0.112. The van der Waals surface area contributed by atoms with Crippen molar-refractivity contribution in [1.82, 2.24) is 10.2 Å². The first-order valence-electron chi connectivity index (χ1n) is 9.31. The van der Waals surface area contributed by atoms with Crippen LogP contribution in [0.3, 0.4) is 0 Å². The van der Waals surface area contributed by atoms with Crippen molar-refractivity contribution >= 4 is 22.1 Å². The lowest BCUT2D eigenvalue weighted by Gasteiger charge is -2.12. The van der Waals surface area contributed by atoms with E-state index in [1.165, 1.54) is 18.2 Å². The Morgan fingerprint density at radius 1 is 0.938 bits per heavy atom. The Morgan fingerprint density at radius 3 is 2.44 bits per heavy atom. The number of benzene rings is 3. The van der Waals surface area contributed by atoms with Gasteiger partial charge in [-0.25, -0.2) is 9.49 Å². The van der Waals surface area contributed by atoms with Crippen molar-refractivity contribution in [3.05, 3.63) is 82.0 Å². The maximum atomic E-state index is 14.5. The van der Waals surface area contributed by atoms with Crippen molar-refractivity contribution < 1.29 is 22.3 Å². The number of ether oxygens (including phenoxy) is 1. The molecule has 1 heterocycles. The number of hydrogen-bond donors (Lipinski definition) is 3. The second-order valence-corrected chi connectivity index (χ2v) is 7.09. The molecule has 0 aliphatic carbocycles. The lowest BCUT2D eigenvalue weighted by atomic mass is 9.98. The van der Waals surface area contributed by atoms with E-state index in [2.05, 4.69) is 14.9 Å². The van der Waals surface area contributed by atoms with Gasteiger partial charge in [0.2, 0.25) is 0 Å². The summed E-state index contributed by atoms with van der Waals surface area (Å²) in [7, 11) is 0. The third-order valence-corrected chi connectivity index (χ3v) is 4.87. The number of aromatic nitrogens is 2. The van der Waals surface area contributed by atoms with E-state index in [1.807, 2.05) is 0 Å². The predicted molar refractivity (Wildman–Crippen MR) is 113 cm³/mol. The summed E-state index contributed by atoms with van der Waals surface area (Å²) in [6.45, 7) is 0. The van der Waals surface area contributed by atoms with Crippen LogP contribution in [0.25, 0.3) is 21.9 Å². The summed E-state index contributed by atoms with van der Waals surface area (Å²) in [6.07, 6.45) is -4.77. The average molecular weight is 444 g/mol. The van der Waals surface area contributed by atoms with Gasteiger partial charge in [-0.1, -0.05) is 12.1 Å². The Bertz CT molecular complexity index is 1380. The first kappa shape index (κ1) is 21.2. The second kappa shape index (κ2) is 7.88. The molecule has 4 rings (SSSR count). The van der Waals surface area contributed by atoms with Gasteiger partial charge in [0.1, 0.15) is 11.6 Å². The smallest absolute Gasteiger partial charge is 0.406 e. The van der Waals surface area contributed by atoms with Crippen molar-refractivity contribution in [2.75, 3.05) is 11.5 Å². The van der Waals surface area contributed by atoms with E-state index in [0.717, 1.165) is 12.1 Å². The first-order valence-corrected chi connectivity index (χ1v) is 9.31. The van der Waals surface area contributed by atoms with Crippen molar-refractivity contribution in [2.45, 2.75) is 12.8 Å². The number of hydrogen-bond acceptors (Lipinski definition) is 5. The summed E-state index contributed by atoms with van der Waals surface area (Å²) in [6, 6.07) is 12.5. The maximum Gasteiger partial charge on any atom is 0.573 e. The summed E-state index contributed by atoms with van der Waals surface area (Å²) in [5.74, 6) is -0.964. The molecule has 0 aliphatic rings. The molecule has 0 aliphatic heterocycles. The zero-order valence-corrected chi connectivity index (χ0v) is 16.3. The lowest BCUT2D eigenvalue weighted by molar-refractivity contribution is -0.274. The normalized spacial score (nSPS) is 11.6. The van der Waals surface area contributed by atoms with Crippen molar-refractivity contribution in [3.8, 4) is 16.9 Å². The summed E-state index contributed by atoms with van der Waals surface area (Å²) in [5.41, 5.74) is 13.3. The van der Waals surface area contributed by atoms with Gasteiger partial charge in [0.05, 0.1) is 22.5 Å². The maximum absolute atomic E-state index is 14.5. The number of nitrogen functional groups attached to an aromatic ring is 2. The molecule has 0 saturated heterocycles. The fraction of sp³-hybridized carbons (Fsp3) is 0.0909. The molecule has 3 aromatic carbocycles. The van der Waals surface area contributed by atoms with Crippen LogP contribution in [0.2, 0.25) is 0 Å². The van der Waals surface area contributed by atoms with E-state index in [4.69, 9.17) is 11.5 Å². The molecule has 0 radical (unpaired) electrons. The molecule has 164 valence electrons. The van der Waals surface area contributed by atoms with Crippen LogP contribution in [0.15, 0.2) is 59.4 Å². The van der Waals surface area contributed by atoms with Gasteiger partial charge in [0.25, 0.3) is 5.56 Å². The first-order chi connectivity index (χ1) is 15.1. The van der Waals surface area contributed by atoms with Gasteiger partial charge in [0, 0.05) is 17.4 Å². The molecular weight excluding hydrogens is 428 g/mol. The number of anilines is 2. The van der Waals surface area contributed by atoms with E-state index >= 15 is 0 Å². The number of halogens is 4. The molecule has 6 nitrogen and oxygen atoms in total. The Morgan fingerprint density at radius 2 is 1.72 bits per heavy atom. The fourth-order valence-corrected chi connectivity index (χ4v) is 3.37. The molecular formula is C22H16F4N4O2. The molecule has 32 heavy (non-hydrogen) atoms. The zero-order chi connectivity index (χ0) is 23.0. The van der Waals surface area contributed by atoms with Crippen LogP contribution in [0.4, 0.5) is 28.9 Å². The number of H-pyrrole nitrogens is 1. The molecule has 1 aromatic heterocycles. The Hall–Kier alpha value is -4.08. The molecule has 0 amide bonds. The molecule has 4 aromatic rings. The molecule has 0 fully saturated rings. The van der Waals surface area contributed by atoms with Crippen molar-refractivity contribution in [2.24, 2.45) is 0 Å². The summed E-state index contributed by atoms with van der Waals surface area (Å²) < 4.78 is 56.3. The Balaban J connectivity index is 1.76. The molecule has 5 N–H and O–H groups in total. The highest BCUT2D eigenvalue weighted by Crippen LogP contribution is 2.30. The van der Waals surface area contributed by atoms with E-state index in [1.54, 1.807) is 24.3 Å². The third-order valence-electron chi connectivity index (χ3n) is 4.87. The minimum Gasteiger partial charge on any atom is -0.406 e. The quantitative estimate of drug-likeness (QED) is 0.320. The Kier molecular flexibility index (Phi) is 5.21. The van der Waals surface area contributed by atoms with Crippen molar-refractivity contribution in [3.63, 3.8) is 0 Å². The van der Waals surface area contributed by atoms with Crippen LogP contribution in [-0.2, 0) is 6.42 Å². The SMILES string of the molecule is Nc1ccc(-c2cc(Cc3n[nH]c(=O)c4ccc(OC(F)(F)F)cc34)ccc2F)cc1N. The monoisotopic (exact) mass is 444 g/mol. The van der Waals surface area contributed by atoms with Gasteiger partial charge in [0.15, 0.2) is 0 Å². The second-order valence-electron chi connectivity index (χ2n) is 7.09. The number of aromatic amines is 1. The number of alkyl halides is 3. The topological polar surface area (TPSA) is 107 Å². The number of nitrogens with one attached hydrogen (secondary N) is 1. The zero-order valence-electron chi connectivity index (χ0n) is 16.3. The highest BCUT2D eigenvalue weighted by atomic mass is 19.4. The summed E-state index contributed by atoms with van der Waals surface area (Å²) in [5, 5.41) is 6.66. The van der Waals surface area contributed by atoms with Gasteiger partial charge >= 0.3 is 6.36 Å². The number of nitrogens with zero attached hydrogens (tertiary/aromatic N) is 1. The molecule has 0 unspecified atom stereocenters. The summed E-state index contributed by atoms with van der Waals surface area (Å²) in [4.78, 5) is 12.1. The highest BCUT2D eigenvalue weighted by molar-refractivity contribution is 5.85. The van der Waals surface area contributed by atoms with Gasteiger partial charge in [-0.05, 0) is 53.6 Å². The van der Waals surface area contributed by atoms with Crippen LogP contribution in [0.1, 0.15) is 11.3 Å². The molecule has 0 bridgehead atoms. The van der Waals surface area contributed by atoms with Crippen LogP contribution >= 0.6 is 0 Å². The number of fused-ring (bicyclic) bond motifs is 1. The fourth-order valence-electron chi connectivity index (χ4n) is 3.37.